The maximum absolute atomic E-state index is 6.31. The van der Waals surface area contributed by atoms with Crippen LogP contribution < -0.4 is 14.8 Å². The normalized spacial score (nSPS) is 15.4. The van der Waals surface area contributed by atoms with Crippen LogP contribution >= 0.6 is 0 Å². The average molecular weight is 386 g/mol. The third kappa shape index (κ3) is 4.87. The molecule has 3 aromatic rings. The third-order valence-electron chi connectivity index (χ3n) is 5.22. The summed E-state index contributed by atoms with van der Waals surface area (Å²) < 4.78 is 12.4. The van der Waals surface area contributed by atoms with Crippen LogP contribution in [0, 0.1) is 0 Å². The van der Waals surface area contributed by atoms with Crippen LogP contribution in [-0.4, -0.2) is 6.54 Å². The lowest BCUT2D eigenvalue weighted by molar-refractivity contribution is 0.283. The molecule has 1 aliphatic rings. The lowest BCUT2D eigenvalue weighted by atomic mass is 9.91. The van der Waals surface area contributed by atoms with Gasteiger partial charge in [0.1, 0.15) is 24.7 Å². The quantitative estimate of drug-likeness (QED) is 0.512. The Hall–Kier alpha value is -3.04. The molecule has 1 heterocycles. The Morgan fingerprint density at radius 3 is 2.21 bits per heavy atom. The van der Waals surface area contributed by atoms with E-state index in [2.05, 4.69) is 42.2 Å². The Kier molecular flexibility index (Phi) is 6.28. The van der Waals surface area contributed by atoms with E-state index in [0.29, 0.717) is 13.2 Å². The summed E-state index contributed by atoms with van der Waals surface area (Å²) in [5.41, 5.74) is 4.84. The zero-order chi connectivity index (χ0) is 19.9. The predicted molar refractivity (Wildman–Crippen MR) is 117 cm³/mol. The van der Waals surface area contributed by atoms with Gasteiger partial charge in [-0.25, -0.2) is 0 Å². The third-order valence-corrected chi connectivity index (χ3v) is 5.22. The van der Waals surface area contributed by atoms with Crippen LogP contribution in [-0.2, 0) is 19.6 Å². The first-order valence-electron chi connectivity index (χ1n) is 10.2. The number of hydrogen-bond acceptors (Lipinski definition) is 3. The standard InChI is InChI=1S/C26H27NO2/c1-2-9-24-26-22(14-15-27-24)16-23(28-18-20-10-5-3-6-11-20)17-25(26)29-19-21-12-7-4-8-13-21/h2-8,10-13,16-17,24,27H,1,9,14-15,18-19H2/t24-/m1/s1. The van der Waals surface area contributed by atoms with Crippen LogP contribution in [0.15, 0.2) is 85.5 Å². The first kappa shape index (κ1) is 19.3. The first-order valence-corrected chi connectivity index (χ1v) is 10.2. The van der Waals surface area contributed by atoms with Crippen molar-refractivity contribution >= 4 is 0 Å². The molecule has 0 aliphatic carbocycles. The molecule has 1 atom stereocenters. The van der Waals surface area contributed by atoms with E-state index >= 15 is 0 Å². The molecular formula is C26H27NO2. The van der Waals surface area contributed by atoms with E-state index < -0.39 is 0 Å². The number of hydrogen-bond donors (Lipinski definition) is 1. The summed E-state index contributed by atoms with van der Waals surface area (Å²) in [6.07, 6.45) is 3.81. The van der Waals surface area contributed by atoms with E-state index in [0.717, 1.165) is 42.0 Å². The van der Waals surface area contributed by atoms with Crippen LogP contribution in [0.4, 0.5) is 0 Å². The van der Waals surface area contributed by atoms with Gasteiger partial charge in [-0.3, -0.25) is 0 Å². The SMILES string of the molecule is C=CC[C@H]1NCCc2cc(OCc3ccccc3)cc(OCc3ccccc3)c21. The predicted octanol–water partition coefficient (Wildman–Crippen LogP) is 5.61. The monoisotopic (exact) mass is 385 g/mol. The number of fused-ring (bicyclic) bond motifs is 1. The molecule has 3 aromatic carbocycles. The minimum Gasteiger partial charge on any atom is -0.489 e. The second-order valence-corrected chi connectivity index (χ2v) is 7.32. The molecule has 0 saturated heterocycles. The summed E-state index contributed by atoms with van der Waals surface area (Å²) in [5, 5.41) is 3.60. The van der Waals surface area contributed by atoms with Crippen LogP contribution in [0.1, 0.15) is 34.7 Å². The summed E-state index contributed by atoms with van der Waals surface area (Å²) in [4.78, 5) is 0. The first-order chi connectivity index (χ1) is 14.3. The fraction of sp³-hybridized carbons (Fsp3) is 0.231. The van der Waals surface area contributed by atoms with Crippen molar-refractivity contribution in [3.8, 4) is 11.5 Å². The van der Waals surface area contributed by atoms with Gasteiger partial charge in [-0.05, 0) is 42.1 Å². The van der Waals surface area contributed by atoms with Gasteiger partial charge in [0.15, 0.2) is 0 Å². The Labute approximate surface area is 173 Å². The largest absolute Gasteiger partial charge is 0.489 e. The fourth-order valence-corrected chi connectivity index (χ4v) is 3.79. The molecule has 0 bridgehead atoms. The maximum Gasteiger partial charge on any atom is 0.128 e. The minimum absolute atomic E-state index is 0.227. The Morgan fingerprint density at radius 2 is 1.55 bits per heavy atom. The summed E-state index contributed by atoms with van der Waals surface area (Å²) >= 11 is 0. The van der Waals surface area contributed by atoms with Crippen molar-refractivity contribution in [1.29, 1.82) is 0 Å². The summed E-state index contributed by atoms with van der Waals surface area (Å²) in [7, 11) is 0. The molecule has 29 heavy (non-hydrogen) atoms. The maximum atomic E-state index is 6.31. The Balaban J connectivity index is 1.60. The summed E-state index contributed by atoms with van der Waals surface area (Å²) in [5.74, 6) is 1.75. The van der Waals surface area contributed by atoms with Gasteiger partial charge >= 0.3 is 0 Å². The van der Waals surface area contributed by atoms with Crippen LogP contribution in [0.2, 0.25) is 0 Å². The molecule has 0 saturated carbocycles. The number of benzene rings is 3. The van der Waals surface area contributed by atoms with Gasteiger partial charge in [-0.1, -0.05) is 66.7 Å². The molecule has 1 aliphatic heterocycles. The average Bonchev–Trinajstić information content (AvgIpc) is 2.78. The van der Waals surface area contributed by atoms with Gasteiger partial charge in [0, 0.05) is 17.7 Å². The highest BCUT2D eigenvalue weighted by Crippen LogP contribution is 2.38. The molecule has 0 amide bonds. The molecule has 0 radical (unpaired) electrons. The number of ether oxygens (including phenoxy) is 2. The van der Waals surface area contributed by atoms with Crippen molar-refractivity contribution in [3.63, 3.8) is 0 Å². The molecule has 1 N–H and O–H groups in total. The molecule has 148 valence electrons. The van der Waals surface area contributed by atoms with Crippen molar-refractivity contribution < 1.29 is 9.47 Å². The van der Waals surface area contributed by atoms with Gasteiger partial charge in [0.25, 0.3) is 0 Å². The van der Waals surface area contributed by atoms with E-state index in [1.54, 1.807) is 0 Å². The van der Waals surface area contributed by atoms with Gasteiger partial charge in [-0.2, -0.15) is 0 Å². The van der Waals surface area contributed by atoms with Crippen molar-refractivity contribution in [2.24, 2.45) is 0 Å². The fourth-order valence-electron chi connectivity index (χ4n) is 3.79. The summed E-state index contributed by atoms with van der Waals surface area (Å²) in [6.45, 7) is 5.96. The van der Waals surface area contributed by atoms with Crippen LogP contribution in [0.25, 0.3) is 0 Å². The Morgan fingerprint density at radius 1 is 0.897 bits per heavy atom. The second-order valence-electron chi connectivity index (χ2n) is 7.32. The van der Waals surface area contributed by atoms with E-state index in [9.17, 15) is 0 Å². The molecule has 3 nitrogen and oxygen atoms in total. The van der Waals surface area contributed by atoms with Crippen LogP contribution in [0.3, 0.4) is 0 Å². The highest BCUT2D eigenvalue weighted by molar-refractivity contribution is 5.50. The zero-order valence-corrected chi connectivity index (χ0v) is 16.6. The lowest BCUT2D eigenvalue weighted by Crippen LogP contribution is -2.30. The van der Waals surface area contributed by atoms with Crippen molar-refractivity contribution in [2.75, 3.05) is 6.54 Å². The molecule has 0 fully saturated rings. The molecule has 3 heteroatoms. The van der Waals surface area contributed by atoms with Crippen molar-refractivity contribution in [2.45, 2.75) is 32.1 Å². The number of nitrogens with one attached hydrogen (secondary N) is 1. The van der Waals surface area contributed by atoms with Crippen molar-refractivity contribution in [1.82, 2.24) is 5.32 Å². The summed E-state index contributed by atoms with van der Waals surface area (Å²) in [6, 6.07) is 24.9. The van der Waals surface area contributed by atoms with Crippen molar-refractivity contribution in [3.05, 3.63) is 108 Å². The van der Waals surface area contributed by atoms with E-state index in [1.807, 2.05) is 48.5 Å². The van der Waals surface area contributed by atoms with Gasteiger partial charge in [0.05, 0.1) is 0 Å². The van der Waals surface area contributed by atoms with E-state index in [4.69, 9.17) is 9.47 Å². The van der Waals surface area contributed by atoms with E-state index in [1.165, 1.54) is 11.1 Å². The lowest BCUT2D eigenvalue weighted by Gasteiger charge is -2.29. The molecule has 0 spiro atoms. The van der Waals surface area contributed by atoms with Gasteiger partial charge in [-0.15, -0.1) is 6.58 Å². The minimum atomic E-state index is 0.227. The Bertz CT molecular complexity index is 938. The molecular weight excluding hydrogens is 358 g/mol. The van der Waals surface area contributed by atoms with Gasteiger partial charge in [0.2, 0.25) is 0 Å². The highest BCUT2D eigenvalue weighted by Gasteiger charge is 2.24. The zero-order valence-electron chi connectivity index (χ0n) is 16.6. The topological polar surface area (TPSA) is 30.5 Å². The smallest absolute Gasteiger partial charge is 0.128 e. The van der Waals surface area contributed by atoms with Crippen LogP contribution in [0.5, 0.6) is 11.5 Å². The van der Waals surface area contributed by atoms with Gasteiger partial charge < -0.3 is 14.8 Å². The van der Waals surface area contributed by atoms with E-state index in [-0.39, 0.29) is 6.04 Å². The molecule has 0 unspecified atom stereocenters. The number of rotatable bonds is 8. The molecule has 0 aromatic heterocycles. The molecule has 4 rings (SSSR count). The second kappa shape index (κ2) is 9.44. The highest BCUT2D eigenvalue weighted by atomic mass is 16.5.